The summed E-state index contributed by atoms with van der Waals surface area (Å²) in [5.74, 6) is 1.17. The maximum Gasteiger partial charge on any atom is 0.232 e. The molecule has 0 unspecified atom stereocenters. The molecule has 0 amide bonds. The van der Waals surface area contributed by atoms with Gasteiger partial charge in [0.05, 0.1) is 6.04 Å². The lowest BCUT2D eigenvalue weighted by atomic mass is 10.1. The van der Waals surface area contributed by atoms with Gasteiger partial charge in [-0.3, -0.25) is 0 Å². The quantitative estimate of drug-likeness (QED) is 0.832. The van der Waals surface area contributed by atoms with Crippen LogP contribution < -0.4 is 10.2 Å². The highest BCUT2D eigenvalue weighted by Gasteiger charge is 2.19. The van der Waals surface area contributed by atoms with E-state index in [4.69, 9.17) is 4.42 Å². The average molecular weight is 341 g/mol. The number of aromatic nitrogens is 1. The Morgan fingerprint density at radius 2 is 1.80 bits per heavy atom. The van der Waals surface area contributed by atoms with Crippen molar-refractivity contribution in [3.8, 4) is 6.07 Å². The SMILES string of the molecule is CC(C)c1nc(C#N)c(NC[C@H](c2ccc(N(C)C)cc2)N(C)C)o1. The molecule has 2 aromatic rings. The fourth-order valence-electron chi connectivity index (χ4n) is 2.56. The Balaban J connectivity index is 2.16. The number of anilines is 2. The van der Waals surface area contributed by atoms with Crippen LogP contribution in [0.1, 0.15) is 43.0 Å². The van der Waals surface area contributed by atoms with E-state index in [1.54, 1.807) is 0 Å². The molecule has 0 aliphatic rings. The van der Waals surface area contributed by atoms with Crippen molar-refractivity contribution in [2.45, 2.75) is 25.8 Å². The molecule has 0 aliphatic carbocycles. The number of rotatable bonds is 7. The standard InChI is InChI=1S/C19H27N5O/c1-13(2)18-22-16(11-20)19(25-18)21-12-17(24(5)6)14-7-9-15(10-8-14)23(3)4/h7-10,13,17,21H,12H2,1-6H3/t17-/m1/s1. The number of hydrogen-bond donors (Lipinski definition) is 1. The van der Waals surface area contributed by atoms with Crippen LogP contribution in [0.2, 0.25) is 0 Å². The van der Waals surface area contributed by atoms with Gasteiger partial charge in [-0.05, 0) is 31.8 Å². The Kier molecular flexibility index (Phi) is 6.05. The predicted octanol–water partition coefficient (Wildman–Crippen LogP) is 3.45. The van der Waals surface area contributed by atoms with E-state index in [2.05, 4.69) is 50.4 Å². The summed E-state index contributed by atoms with van der Waals surface area (Å²) >= 11 is 0. The number of nitrogens with one attached hydrogen (secondary N) is 1. The van der Waals surface area contributed by atoms with Crippen LogP contribution in [0.25, 0.3) is 0 Å². The van der Waals surface area contributed by atoms with Crippen molar-refractivity contribution in [3.05, 3.63) is 41.4 Å². The summed E-state index contributed by atoms with van der Waals surface area (Å²) in [6.07, 6.45) is 0. The predicted molar refractivity (Wildman–Crippen MR) is 101 cm³/mol. The first-order valence-electron chi connectivity index (χ1n) is 8.41. The summed E-state index contributed by atoms with van der Waals surface area (Å²) in [4.78, 5) is 8.46. The van der Waals surface area contributed by atoms with Crippen molar-refractivity contribution >= 4 is 11.6 Å². The monoisotopic (exact) mass is 341 g/mol. The van der Waals surface area contributed by atoms with Crippen LogP contribution >= 0.6 is 0 Å². The Morgan fingerprint density at radius 3 is 2.28 bits per heavy atom. The van der Waals surface area contributed by atoms with Crippen molar-refractivity contribution in [1.29, 1.82) is 5.26 Å². The molecule has 25 heavy (non-hydrogen) atoms. The molecule has 0 bridgehead atoms. The van der Waals surface area contributed by atoms with Gasteiger partial charge in [0.25, 0.3) is 0 Å². The second-order valence-corrected chi connectivity index (χ2v) is 6.84. The van der Waals surface area contributed by atoms with E-state index in [0.29, 0.717) is 24.0 Å². The molecule has 0 fully saturated rings. The van der Waals surface area contributed by atoms with Gasteiger partial charge in [-0.25, -0.2) is 4.98 Å². The minimum Gasteiger partial charge on any atom is -0.424 e. The molecule has 1 N–H and O–H groups in total. The number of hydrogen-bond acceptors (Lipinski definition) is 6. The molecular weight excluding hydrogens is 314 g/mol. The van der Waals surface area contributed by atoms with Crippen LogP contribution in [0.5, 0.6) is 0 Å². The van der Waals surface area contributed by atoms with Gasteiger partial charge in [-0.2, -0.15) is 5.26 Å². The van der Waals surface area contributed by atoms with E-state index in [1.165, 1.54) is 5.56 Å². The van der Waals surface area contributed by atoms with E-state index >= 15 is 0 Å². The van der Waals surface area contributed by atoms with Crippen molar-refractivity contribution in [3.63, 3.8) is 0 Å². The summed E-state index contributed by atoms with van der Waals surface area (Å²) in [5.41, 5.74) is 2.67. The molecule has 1 aromatic carbocycles. The second kappa shape index (κ2) is 8.04. The summed E-state index contributed by atoms with van der Waals surface area (Å²) in [6.45, 7) is 4.60. The number of nitriles is 1. The van der Waals surface area contributed by atoms with Gasteiger partial charge in [0.2, 0.25) is 17.5 Å². The van der Waals surface area contributed by atoms with E-state index in [0.717, 1.165) is 5.69 Å². The molecule has 0 aliphatic heterocycles. The highest BCUT2D eigenvalue weighted by Crippen LogP contribution is 2.25. The minimum atomic E-state index is 0.144. The molecule has 1 aromatic heterocycles. The summed E-state index contributed by atoms with van der Waals surface area (Å²) in [6, 6.07) is 10.7. The van der Waals surface area contributed by atoms with Gasteiger partial charge in [-0.1, -0.05) is 26.0 Å². The maximum absolute atomic E-state index is 9.26. The first kappa shape index (κ1) is 18.8. The van der Waals surface area contributed by atoms with E-state index in [-0.39, 0.29) is 12.0 Å². The van der Waals surface area contributed by atoms with Gasteiger partial charge >= 0.3 is 0 Å². The number of benzene rings is 1. The molecule has 0 saturated heterocycles. The molecule has 6 heteroatoms. The normalized spacial score (nSPS) is 12.3. The lowest BCUT2D eigenvalue weighted by molar-refractivity contribution is 0.310. The zero-order valence-corrected chi connectivity index (χ0v) is 15.9. The topological polar surface area (TPSA) is 68.3 Å². The molecule has 6 nitrogen and oxygen atoms in total. The van der Waals surface area contributed by atoms with Crippen molar-refractivity contribution < 1.29 is 4.42 Å². The van der Waals surface area contributed by atoms with Crippen LogP contribution in [0, 0.1) is 11.3 Å². The molecule has 1 heterocycles. The van der Waals surface area contributed by atoms with Crippen LogP contribution in [0.4, 0.5) is 11.6 Å². The fraction of sp³-hybridized carbons (Fsp3) is 0.474. The van der Waals surface area contributed by atoms with E-state index < -0.39 is 0 Å². The van der Waals surface area contributed by atoms with Crippen LogP contribution in [0.15, 0.2) is 28.7 Å². The molecule has 1 atom stereocenters. The van der Waals surface area contributed by atoms with E-state index in [9.17, 15) is 5.26 Å². The lowest BCUT2D eigenvalue weighted by Gasteiger charge is -2.25. The summed E-state index contributed by atoms with van der Waals surface area (Å²) in [5, 5.41) is 12.5. The fourth-order valence-corrected chi connectivity index (χ4v) is 2.56. The van der Waals surface area contributed by atoms with Gasteiger partial charge in [0.1, 0.15) is 6.07 Å². The Hall–Kier alpha value is -2.52. The molecule has 0 saturated carbocycles. The van der Waals surface area contributed by atoms with Crippen LogP contribution in [0.3, 0.4) is 0 Å². The summed E-state index contributed by atoms with van der Waals surface area (Å²) in [7, 11) is 8.13. The highest BCUT2D eigenvalue weighted by atomic mass is 16.4. The third-order valence-electron chi connectivity index (χ3n) is 4.12. The number of likely N-dealkylation sites (N-methyl/N-ethyl adjacent to an activating group) is 1. The third-order valence-corrected chi connectivity index (χ3v) is 4.12. The van der Waals surface area contributed by atoms with Gasteiger partial charge < -0.3 is 19.5 Å². The maximum atomic E-state index is 9.26. The Labute approximate surface area is 150 Å². The number of oxazole rings is 1. The first-order chi connectivity index (χ1) is 11.8. The lowest BCUT2D eigenvalue weighted by Crippen LogP contribution is -2.27. The van der Waals surface area contributed by atoms with E-state index in [1.807, 2.05) is 42.0 Å². The molecule has 134 valence electrons. The van der Waals surface area contributed by atoms with Gasteiger partial charge in [0, 0.05) is 32.2 Å². The Morgan fingerprint density at radius 1 is 1.16 bits per heavy atom. The van der Waals surface area contributed by atoms with Crippen molar-refractivity contribution in [2.75, 3.05) is 45.0 Å². The first-order valence-corrected chi connectivity index (χ1v) is 8.41. The zero-order valence-electron chi connectivity index (χ0n) is 15.9. The van der Waals surface area contributed by atoms with Crippen molar-refractivity contribution in [1.82, 2.24) is 9.88 Å². The average Bonchev–Trinajstić information content (AvgIpc) is 2.98. The molecular formula is C19H27N5O. The van der Waals surface area contributed by atoms with Gasteiger partial charge in [-0.15, -0.1) is 0 Å². The smallest absolute Gasteiger partial charge is 0.232 e. The number of nitrogens with zero attached hydrogens (tertiary/aromatic N) is 4. The molecule has 0 spiro atoms. The van der Waals surface area contributed by atoms with Gasteiger partial charge in [0.15, 0.2) is 0 Å². The zero-order chi connectivity index (χ0) is 18.6. The Bertz CT molecular complexity index is 725. The molecule has 0 radical (unpaired) electrons. The molecule has 2 rings (SSSR count). The largest absolute Gasteiger partial charge is 0.424 e. The highest BCUT2D eigenvalue weighted by molar-refractivity contribution is 5.48. The minimum absolute atomic E-state index is 0.144. The third kappa shape index (κ3) is 4.52. The van der Waals surface area contributed by atoms with Crippen molar-refractivity contribution in [2.24, 2.45) is 0 Å². The summed E-state index contributed by atoms with van der Waals surface area (Å²) < 4.78 is 5.71. The second-order valence-electron chi connectivity index (χ2n) is 6.84. The van der Waals surface area contributed by atoms with Crippen LogP contribution in [-0.4, -0.2) is 44.6 Å². The van der Waals surface area contributed by atoms with Crippen LogP contribution in [-0.2, 0) is 0 Å².